The molecule has 3 rings (SSSR count). The van der Waals surface area contributed by atoms with Gasteiger partial charge in [0.1, 0.15) is 12.1 Å². The van der Waals surface area contributed by atoms with Gasteiger partial charge in [0.2, 0.25) is 0 Å². The molecule has 1 aliphatic rings. The molecule has 2 aromatic heterocycles. The number of anilines is 1. The molecule has 0 amide bonds. The minimum absolute atomic E-state index is 0.446. The highest BCUT2D eigenvalue weighted by atomic mass is 15.3. The molecule has 3 heterocycles. The van der Waals surface area contributed by atoms with Gasteiger partial charge in [-0.3, -0.25) is 4.68 Å². The molecular weight excluding hydrogens is 216 g/mol. The Morgan fingerprint density at radius 2 is 2.41 bits per heavy atom. The maximum atomic E-state index is 4.31. The maximum Gasteiger partial charge on any atom is 0.163 e. The quantitative estimate of drug-likeness (QED) is 0.790. The molecule has 1 fully saturated rings. The molecule has 0 saturated carbocycles. The Labute approximate surface area is 99.4 Å². The number of nitrogens with one attached hydrogen (secondary N) is 2. The number of hydrogen-bond donors (Lipinski definition) is 2. The minimum atomic E-state index is 0.446. The van der Waals surface area contributed by atoms with Crippen LogP contribution >= 0.6 is 0 Å². The van der Waals surface area contributed by atoms with Gasteiger partial charge in [0.15, 0.2) is 5.65 Å². The lowest BCUT2D eigenvalue weighted by molar-refractivity contribution is 0.479. The van der Waals surface area contributed by atoms with E-state index in [1.807, 2.05) is 13.2 Å². The molecule has 2 N–H and O–H groups in total. The van der Waals surface area contributed by atoms with Crippen LogP contribution in [0.5, 0.6) is 0 Å². The predicted molar refractivity (Wildman–Crippen MR) is 65.8 cm³/mol. The van der Waals surface area contributed by atoms with E-state index in [-0.39, 0.29) is 0 Å². The van der Waals surface area contributed by atoms with Crippen molar-refractivity contribution in [2.45, 2.75) is 18.9 Å². The molecule has 6 nitrogen and oxygen atoms in total. The number of rotatable bonds is 2. The summed E-state index contributed by atoms with van der Waals surface area (Å²) >= 11 is 0. The van der Waals surface area contributed by atoms with Gasteiger partial charge in [0, 0.05) is 19.6 Å². The van der Waals surface area contributed by atoms with Gasteiger partial charge in [-0.25, -0.2) is 9.97 Å². The van der Waals surface area contributed by atoms with Gasteiger partial charge in [-0.05, 0) is 19.4 Å². The number of nitrogens with zero attached hydrogens (tertiary/aromatic N) is 4. The molecule has 0 spiro atoms. The Morgan fingerprint density at radius 1 is 1.47 bits per heavy atom. The predicted octanol–water partition coefficient (Wildman–Crippen LogP) is 0.527. The Hall–Kier alpha value is -1.69. The summed E-state index contributed by atoms with van der Waals surface area (Å²) in [6.07, 6.45) is 5.79. The van der Waals surface area contributed by atoms with Gasteiger partial charge in [-0.15, -0.1) is 0 Å². The van der Waals surface area contributed by atoms with Crippen molar-refractivity contribution in [2.75, 3.05) is 18.4 Å². The molecule has 1 aliphatic heterocycles. The molecule has 1 saturated heterocycles. The van der Waals surface area contributed by atoms with Crippen molar-refractivity contribution in [1.29, 1.82) is 0 Å². The van der Waals surface area contributed by atoms with Crippen molar-refractivity contribution in [3.8, 4) is 0 Å². The second-order valence-electron chi connectivity index (χ2n) is 4.42. The Balaban J connectivity index is 1.89. The molecule has 17 heavy (non-hydrogen) atoms. The van der Waals surface area contributed by atoms with Crippen LogP contribution in [0.25, 0.3) is 11.0 Å². The fourth-order valence-electron chi connectivity index (χ4n) is 2.25. The van der Waals surface area contributed by atoms with Crippen LogP contribution in [0.4, 0.5) is 5.82 Å². The van der Waals surface area contributed by atoms with Gasteiger partial charge in [-0.2, -0.15) is 5.10 Å². The maximum absolute atomic E-state index is 4.31. The molecule has 1 unspecified atom stereocenters. The van der Waals surface area contributed by atoms with Crippen LogP contribution in [-0.2, 0) is 7.05 Å². The minimum Gasteiger partial charge on any atom is -0.365 e. The number of piperidine rings is 1. The Morgan fingerprint density at radius 3 is 3.24 bits per heavy atom. The third-order valence-corrected chi connectivity index (χ3v) is 3.17. The van der Waals surface area contributed by atoms with E-state index in [1.54, 1.807) is 11.0 Å². The van der Waals surface area contributed by atoms with E-state index in [9.17, 15) is 0 Å². The summed E-state index contributed by atoms with van der Waals surface area (Å²) in [5, 5.41) is 12.0. The zero-order valence-corrected chi connectivity index (χ0v) is 9.85. The molecular formula is C11H16N6. The Bertz CT molecular complexity index is 514. The first-order valence-electron chi connectivity index (χ1n) is 5.94. The normalized spacial score (nSPS) is 20.6. The van der Waals surface area contributed by atoms with Crippen LogP contribution in [-0.4, -0.2) is 38.9 Å². The van der Waals surface area contributed by atoms with Crippen molar-refractivity contribution in [1.82, 2.24) is 25.1 Å². The molecule has 2 aromatic rings. The average molecular weight is 232 g/mol. The van der Waals surface area contributed by atoms with Crippen LogP contribution in [0.15, 0.2) is 12.5 Å². The lowest BCUT2D eigenvalue weighted by Gasteiger charge is -2.24. The van der Waals surface area contributed by atoms with Crippen LogP contribution in [0.2, 0.25) is 0 Å². The molecule has 6 heteroatoms. The van der Waals surface area contributed by atoms with Crippen LogP contribution in [0, 0.1) is 0 Å². The highest BCUT2D eigenvalue weighted by Crippen LogP contribution is 2.19. The summed E-state index contributed by atoms with van der Waals surface area (Å²) in [6.45, 7) is 2.11. The summed E-state index contributed by atoms with van der Waals surface area (Å²) in [7, 11) is 1.89. The third-order valence-electron chi connectivity index (χ3n) is 3.17. The van der Waals surface area contributed by atoms with Gasteiger partial charge in [0.25, 0.3) is 0 Å². The Kier molecular flexibility index (Phi) is 2.64. The number of aryl methyl sites for hydroxylation is 1. The van der Waals surface area contributed by atoms with Crippen molar-refractivity contribution in [3.05, 3.63) is 12.5 Å². The van der Waals surface area contributed by atoms with Crippen molar-refractivity contribution < 1.29 is 0 Å². The number of hydrogen-bond acceptors (Lipinski definition) is 5. The van der Waals surface area contributed by atoms with E-state index in [4.69, 9.17) is 0 Å². The molecule has 0 radical (unpaired) electrons. The highest BCUT2D eigenvalue weighted by Gasteiger charge is 2.15. The van der Waals surface area contributed by atoms with E-state index in [0.717, 1.165) is 29.9 Å². The summed E-state index contributed by atoms with van der Waals surface area (Å²) in [6, 6.07) is 0.446. The largest absolute Gasteiger partial charge is 0.365 e. The smallest absolute Gasteiger partial charge is 0.163 e. The first-order chi connectivity index (χ1) is 8.34. The summed E-state index contributed by atoms with van der Waals surface area (Å²) < 4.78 is 1.77. The third kappa shape index (κ3) is 1.95. The van der Waals surface area contributed by atoms with E-state index < -0.39 is 0 Å². The average Bonchev–Trinajstić information content (AvgIpc) is 2.74. The number of fused-ring (bicyclic) bond motifs is 1. The van der Waals surface area contributed by atoms with E-state index in [0.29, 0.717) is 6.04 Å². The SMILES string of the molecule is Cn1ncc2c(NC3CCCNC3)ncnc21. The standard InChI is InChI=1S/C11H16N6/c1-17-11-9(6-15-17)10(13-7-14-11)16-8-3-2-4-12-5-8/h6-8,12H,2-5H2,1H3,(H,13,14,16). The molecule has 1 atom stereocenters. The molecule has 0 bridgehead atoms. The zero-order chi connectivity index (χ0) is 11.7. The monoisotopic (exact) mass is 232 g/mol. The summed E-state index contributed by atoms with van der Waals surface area (Å²) in [5.74, 6) is 0.886. The lowest BCUT2D eigenvalue weighted by atomic mass is 10.1. The van der Waals surface area contributed by atoms with Crippen LogP contribution in [0.1, 0.15) is 12.8 Å². The van der Waals surface area contributed by atoms with Gasteiger partial charge in [0.05, 0.1) is 11.6 Å². The summed E-state index contributed by atoms with van der Waals surface area (Å²) in [5.41, 5.74) is 0.867. The van der Waals surface area contributed by atoms with Crippen molar-refractivity contribution >= 4 is 16.9 Å². The van der Waals surface area contributed by atoms with Gasteiger partial charge >= 0.3 is 0 Å². The zero-order valence-electron chi connectivity index (χ0n) is 9.85. The second kappa shape index (κ2) is 4.29. The van der Waals surface area contributed by atoms with Crippen molar-refractivity contribution in [3.63, 3.8) is 0 Å². The van der Waals surface area contributed by atoms with E-state index >= 15 is 0 Å². The fraction of sp³-hybridized carbons (Fsp3) is 0.545. The van der Waals surface area contributed by atoms with Crippen LogP contribution in [0.3, 0.4) is 0 Å². The van der Waals surface area contributed by atoms with Gasteiger partial charge in [-0.1, -0.05) is 0 Å². The fourth-order valence-corrected chi connectivity index (χ4v) is 2.25. The highest BCUT2D eigenvalue weighted by molar-refractivity contribution is 5.86. The topological polar surface area (TPSA) is 67.7 Å². The number of aromatic nitrogens is 4. The first kappa shape index (κ1) is 10.5. The van der Waals surface area contributed by atoms with Crippen molar-refractivity contribution in [2.24, 2.45) is 7.05 Å². The van der Waals surface area contributed by atoms with Crippen LogP contribution < -0.4 is 10.6 Å². The molecule has 90 valence electrons. The van der Waals surface area contributed by atoms with E-state index in [2.05, 4.69) is 25.7 Å². The van der Waals surface area contributed by atoms with E-state index in [1.165, 1.54) is 12.8 Å². The molecule has 0 aliphatic carbocycles. The first-order valence-corrected chi connectivity index (χ1v) is 5.94. The van der Waals surface area contributed by atoms with Gasteiger partial charge < -0.3 is 10.6 Å². The second-order valence-corrected chi connectivity index (χ2v) is 4.42. The summed E-state index contributed by atoms with van der Waals surface area (Å²) in [4.78, 5) is 8.54. The lowest BCUT2D eigenvalue weighted by Crippen LogP contribution is -2.38. The molecule has 0 aromatic carbocycles.